The number of anilines is 3. The first-order valence-electron chi connectivity index (χ1n) is 12.9. The number of nitrogens with zero attached hydrogens (tertiary/aromatic N) is 5. The van der Waals surface area contributed by atoms with Crippen molar-refractivity contribution < 1.29 is 14.6 Å². The number of amides is 1. The SMILES string of the molecule is Cc1nn(COCC[Si](C)(C)C)cc1Nc1ncc2c(n1)N(C1CCCCC(O)C1)C(=O)C21CC1. The first kappa shape index (κ1) is 24.4. The van der Waals surface area contributed by atoms with Gasteiger partial charge in [0.05, 0.1) is 29.1 Å². The van der Waals surface area contributed by atoms with E-state index in [1.165, 1.54) is 0 Å². The third-order valence-corrected chi connectivity index (χ3v) is 9.24. The van der Waals surface area contributed by atoms with Crippen LogP contribution in [0.3, 0.4) is 0 Å². The number of hydrogen-bond acceptors (Lipinski definition) is 7. The molecule has 2 fully saturated rings. The van der Waals surface area contributed by atoms with E-state index in [-0.39, 0.29) is 18.1 Å². The van der Waals surface area contributed by atoms with E-state index in [2.05, 4.69) is 35.0 Å². The van der Waals surface area contributed by atoms with Crippen molar-refractivity contribution in [2.45, 2.75) is 102 Å². The summed E-state index contributed by atoms with van der Waals surface area (Å²) in [4.78, 5) is 24.8. The highest BCUT2D eigenvalue weighted by atomic mass is 28.3. The van der Waals surface area contributed by atoms with Crippen molar-refractivity contribution in [3.8, 4) is 0 Å². The van der Waals surface area contributed by atoms with Crippen LogP contribution >= 0.6 is 0 Å². The van der Waals surface area contributed by atoms with E-state index in [1.807, 2.05) is 24.2 Å². The monoisotopic (exact) mass is 498 g/mol. The van der Waals surface area contributed by atoms with E-state index in [0.29, 0.717) is 24.9 Å². The van der Waals surface area contributed by atoms with Crippen molar-refractivity contribution in [1.29, 1.82) is 0 Å². The maximum Gasteiger partial charge on any atom is 0.239 e. The molecule has 3 heterocycles. The topological polar surface area (TPSA) is 105 Å². The number of carbonyl (C=O) groups is 1. The van der Waals surface area contributed by atoms with Crippen molar-refractivity contribution in [3.63, 3.8) is 0 Å². The number of fused-ring (bicyclic) bond motifs is 2. The van der Waals surface area contributed by atoms with Crippen LogP contribution in [0, 0.1) is 6.92 Å². The zero-order valence-corrected chi connectivity index (χ0v) is 22.4. The van der Waals surface area contributed by atoms with E-state index in [0.717, 1.165) is 68.1 Å². The highest BCUT2D eigenvalue weighted by Crippen LogP contribution is 2.57. The van der Waals surface area contributed by atoms with Gasteiger partial charge in [-0.1, -0.05) is 32.5 Å². The van der Waals surface area contributed by atoms with Gasteiger partial charge < -0.3 is 15.2 Å². The van der Waals surface area contributed by atoms with Crippen molar-refractivity contribution in [2.24, 2.45) is 0 Å². The Morgan fingerprint density at radius 3 is 2.77 bits per heavy atom. The molecule has 2 atom stereocenters. The summed E-state index contributed by atoms with van der Waals surface area (Å²) in [5.74, 6) is 1.30. The van der Waals surface area contributed by atoms with Gasteiger partial charge in [-0.3, -0.25) is 9.69 Å². The minimum atomic E-state index is -1.12. The second-order valence-corrected chi connectivity index (χ2v) is 17.3. The Kier molecular flexibility index (Phi) is 6.48. The number of aryl methyl sites for hydroxylation is 1. The Morgan fingerprint density at radius 2 is 2.03 bits per heavy atom. The summed E-state index contributed by atoms with van der Waals surface area (Å²) >= 11 is 0. The molecule has 0 saturated heterocycles. The second kappa shape index (κ2) is 9.29. The number of ether oxygens (including phenoxy) is 1. The van der Waals surface area contributed by atoms with Gasteiger partial charge >= 0.3 is 0 Å². The van der Waals surface area contributed by atoms with Crippen LogP contribution in [0.15, 0.2) is 12.4 Å². The quantitative estimate of drug-likeness (QED) is 0.320. The minimum absolute atomic E-state index is 0.0146. The maximum atomic E-state index is 13.5. The molecule has 0 aromatic carbocycles. The summed E-state index contributed by atoms with van der Waals surface area (Å²) in [5.41, 5.74) is 2.15. The van der Waals surface area contributed by atoms with Crippen LogP contribution in [-0.2, 0) is 21.7 Å². The molecule has 2 aromatic rings. The highest BCUT2D eigenvalue weighted by molar-refractivity contribution is 6.76. The van der Waals surface area contributed by atoms with Gasteiger partial charge in [-0.15, -0.1) is 0 Å². The molecule has 35 heavy (non-hydrogen) atoms. The summed E-state index contributed by atoms with van der Waals surface area (Å²) in [6, 6.07) is 1.11. The second-order valence-electron chi connectivity index (χ2n) is 11.7. The number of aliphatic hydroxyl groups is 1. The largest absolute Gasteiger partial charge is 0.393 e. The zero-order chi connectivity index (χ0) is 24.8. The molecule has 2 aliphatic carbocycles. The fourth-order valence-corrected chi connectivity index (χ4v) is 6.01. The summed E-state index contributed by atoms with van der Waals surface area (Å²) in [6.45, 7) is 10.1. The third kappa shape index (κ3) is 5.01. The first-order chi connectivity index (χ1) is 16.7. The predicted octanol–water partition coefficient (Wildman–Crippen LogP) is 4.11. The number of aromatic nitrogens is 4. The molecule has 1 aliphatic heterocycles. The molecule has 2 aromatic heterocycles. The van der Waals surface area contributed by atoms with Crippen molar-refractivity contribution >= 4 is 31.4 Å². The lowest BCUT2D eigenvalue weighted by molar-refractivity contribution is -0.120. The maximum absolute atomic E-state index is 13.5. The molecule has 3 aliphatic rings. The van der Waals surface area contributed by atoms with Crippen molar-refractivity contribution in [3.05, 3.63) is 23.7 Å². The van der Waals surface area contributed by atoms with Crippen LogP contribution in [0.4, 0.5) is 17.5 Å². The van der Waals surface area contributed by atoms with Gasteiger partial charge in [0.25, 0.3) is 0 Å². The molecule has 2 saturated carbocycles. The van der Waals surface area contributed by atoms with Crippen LogP contribution in [-0.4, -0.2) is 57.6 Å². The van der Waals surface area contributed by atoms with Crippen molar-refractivity contribution in [2.75, 3.05) is 16.8 Å². The van der Waals surface area contributed by atoms with Gasteiger partial charge in [0, 0.05) is 32.5 Å². The molecule has 5 rings (SSSR count). The summed E-state index contributed by atoms with van der Waals surface area (Å²) < 4.78 is 7.62. The molecule has 9 nitrogen and oxygen atoms in total. The summed E-state index contributed by atoms with van der Waals surface area (Å²) in [7, 11) is -1.12. The normalized spacial score (nSPS) is 23.5. The number of carbonyl (C=O) groups excluding carboxylic acids is 1. The summed E-state index contributed by atoms with van der Waals surface area (Å²) in [5, 5.41) is 18.3. The molecule has 0 radical (unpaired) electrons. The lowest BCUT2D eigenvalue weighted by atomic mass is 10.0. The van der Waals surface area contributed by atoms with E-state index in [1.54, 1.807) is 4.68 Å². The van der Waals surface area contributed by atoms with Gasteiger partial charge in [-0.05, 0) is 45.1 Å². The standard InChI is InChI=1S/C25H38N6O3Si/c1-17-21(15-30(29-17)16-34-11-12-35(2,3)4)27-24-26-14-20-22(28-24)31(23(33)25(20)9-10-25)18-7-5-6-8-19(32)13-18/h14-15,18-19,32H,5-13,16H2,1-4H3,(H,26,27,28). The lowest BCUT2D eigenvalue weighted by Gasteiger charge is -2.28. The Labute approximate surface area is 208 Å². The van der Waals surface area contributed by atoms with Gasteiger partial charge in [0.1, 0.15) is 12.5 Å². The molecule has 10 heteroatoms. The van der Waals surface area contributed by atoms with Gasteiger partial charge in [-0.25, -0.2) is 9.67 Å². The van der Waals surface area contributed by atoms with Gasteiger partial charge in [0.15, 0.2) is 0 Å². The number of rotatable bonds is 8. The van der Waals surface area contributed by atoms with Crippen LogP contribution in [0.25, 0.3) is 0 Å². The lowest BCUT2D eigenvalue weighted by Crippen LogP contribution is -2.42. The average Bonchev–Trinajstić information content (AvgIpc) is 3.51. The Bertz CT molecular complexity index is 1090. The molecule has 190 valence electrons. The van der Waals surface area contributed by atoms with Crippen LogP contribution in [0.5, 0.6) is 0 Å². The molecule has 0 bridgehead atoms. The smallest absolute Gasteiger partial charge is 0.239 e. The summed E-state index contributed by atoms with van der Waals surface area (Å²) in [6.07, 6.45) is 9.39. The average molecular weight is 499 g/mol. The fraction of sp³-hybridized carbons (Fsp3) is 0.680. The Morgan fingerprint density at radius 1 is 1.26 bits per heavy atom. The number of nitrogens with one attached hydrogen (secondary N) is 1. The van der Waals surface area contributed by atoms with Gasteiger partial charge in [-0.2, -0.15) is 10.1 Å². The number of aliphatic hydroxyl groups excluding tert-OH is 1. The first-order valence-corrected chi connectivity index (χ1v) is 16.7. The molecular weight excluding hydrogens is 460 g/mol. The van der Waals surface area contributed by atoms with E-state index < -0.39 is 13.5 Å². The Balaban J connectivity index is 1.33. The van der Waals surface area contributed by atoms with Crippen LogP contribution in [0.1, 0.15) is 56.2 Å². The van der Waals surface area contributed by atoms with Crippen molar-refractivity contribution in [1.82, 2.24) is 19.7 Å². The van der Waals surface area contributed by atoms with E-state index >= 15 is 0 Å². The van der Waals surface area contributed by atoms with E-state index in [9.17, 15) is 9.90 Å². The fourth-order valence-electron chi connectivity index (χ4n) is 5.25. The predicted molar refractivity (Wildman–Crippen MR) is 138 cm³/mol. The highest BCUT2D eigenvalue weighted by Gasteiger charge is 2.61. The molecular formula is C25H38N6O3Si. The zero-order valence-electron chi connectivity index (χ0n) is 21.4. The number of hydrogen-bond donors (Lipinski definition) is 2. The third-order valence-electron chi connectivity index (χ3n) is 7.54. The minimum Gasteiger partial charge on any atom is -0.393 e. The van der Waals surface area contributed by atoms with Crippen LogP contribution in [0.2, 0.25) is 25.7 Å². The van der Waals surface area contributed by atoms with Gasteiger partial charge in [0.2, 0.25) is 11.9 Å². The molecule has 2 N–H and O–H groups in total. The van der Waals surface area contributed by atoms with Crippen LogP contribution < -0.4 is 10.2 Å². The molecule has 1 amide bonds. The Hall–Kier alpha value is -2.30. The molecule has 1 spiro atoms. The van der Waals surface area contributed by atoms with E-state index in [4.69, 9.17) is 9.72 Å². The molecule has 2 unspecified atom stereocenters.